The smallest absolute Gasteiger partial charge is 0.270 e. The van der Waals surface area contributed by atoms with Crippen LogP contribution >= 0.6 is 0 Å². The van der Waals surface area contributed by atoms with E-state index in [4.69, 9.17) is 0 Å². The topological polar surface area (TPSA) is 72.1 Å². The number of halogens is 3. The van der Waals surface area contributed by atoms with Gasteiger partial charge in [-0.2, -0.15) is 10.2 Å². The van der Waals surface area contributed by atoms with Gasteiger partial charge in [-0.25, -0.2) is 22.8 Å². The Hall–Kier alpha value is -4.15. The number of alkyl halides is 2. The lowest BCUT2D eigenvalue weighted by atomic mass is 10.0. The zero-order valence-electron chi connectivity index (χ0n) is 20.5. The Bertz CT molecular complexity index is 1420. The molecular formula is C26H26F3N7O. The van der Waals surface area contributed by atoms with Crippen LogP contribution in [0.2, 0.25) is 0 Å². The maximum absolute atomic E-state index is 14.7. The van der Waals surface area contributed by atoms with Crippen LogP contribution in [-0.4, -0.2) is 61.5 Å². The molecule has 5 rings (SSSR count). The van der Waals surface area contributed by atoms with Crippen LogP contribution in [0.3, 0.4) is 0 Å². The summed E-state index contributed by atoms with van der Waals surface area (Å²) in [5, 5.41) is 8.56. The molecule has 0 atom stereocenters. The maximum atomic E-state index is 14.7. The fourth-order valence-corrected chi connectivity index (χ4v) is 4.35. The van der Waals surface area contributed by atoms with Crippen molar-refractivity contribution in [3.8, 4) is 16.9 Å². The van der Waals surface area contributed by atoms with Crippen LogP contribution in [-0.2, 0) is 17.3 Å². The maximum Gasteiger partial charge on any atom is 0.270 e. The lowest BCUT2D eigenvalue weighted by molar-refractivity contribution is -0.132. The number of hydrogen-bond acceptors (Lipinski definition) is 5. The monoisotopic (exact) mass is 509 g/mol. The third-order valence-corrected chi connectivity index (χ3v) is 6.39. The molecule has 0 aliphatic carbocycles. The van der Waals surface area contributed by atoms with Gasteiger partial charge >= 0.3 is 0 Å². The molecule has 0 saturated carbocycles. The van der Waals surface area contributed by atoms with Gasteiger partial charge in [0.2, 0.25) is 5.91 Å². The Labute approximate surface area is 211 Å². The normalized spacial score (nSPS) is 14.3. The van der Waals surface area contributed by atoms with Crippen molar-refractivity contribution in [1.29, 1.82) is 0 Å². The number of aromatic nitrogens is 5. The van der Waals surface area contributed by atoms with Crippen LogP contribution in [0.5, 0.6) is 0 Å². The SMILES string of the molecule is Cc1ncn(-c2ccc(N3CCN(C(=O)Cn4ccc(-c5cccc(C(C)(F)F)c5)n4)CC3)cc2F)n1. The average molecular weight is 510 g/mol. The van der Waals surface area contributed by atoms with Crippen molar-refractivity contribution in [2.45, 2.75) is 26.3 Å². The first-order chi connectivity index (χ1) is 17.7. The minimum absolute atomic E-state index is 0.0459. The third kappa shape index (κ3) is 5.35. The van der Waals surface area contributed by atoms with Crippen LogP contribution < -0.4 is 4.90 Å². The Morgan fingerprint density at radius 2 is 1.81 bits per heavy atom. The lowest BCUT2D eigenvalue weighted by Gasteiger charge is -2.36. The molecular weight excluding hydrogens is 483 g/mol. The number of piperazine rings is 1. The summed E-state index contributed by atoms with van der Waals surface area (Å²) in [6.07, 6.45) is 3.14. The van der Waals surface area contributed by atoms with Crippen LogP contribution in [0, 0.1) is 12.7 Å². The summed E-state index contributed by atoms with van der Waals surface area (Å²) in [6.45, 7) is 4.76. The Kier molecular flexibility index (Phi) is 6.45. The highest BCUT2D eigenvalue weighted by Crippen LogP contribution is 2.30. The molecule has 11 heteroatoms. The van der Waals surface area contributed by atoms with Gasteiger partial charge in [0.05, 0.1) is 5.69 Å². The first kappa shape index (κ1) is 24.5. The molecule has 0 N–H and O–H groups in total. The molecule has 2 aromatic heterocycles. The van der Waals surface area contributed by atoms with Crippen LogP contribution in [0.25, 0.3) is 16.9 Å². The summed E-state index contributed by atoms with van der Waals surface area (Å²) in [5.41, 5.74) is 2.07. The number of rotatable bonds is 6. The molecule has 4 aromatic rings. The highest BCUT2D eigenvalue weighted by Gasteiger charge is 2.25. The van der Waals surface area contributed by atoms with E-state index in [1.807, 2.05) is 11.0 Å². The summed E-state index contributed by atoms with van der Waals surface area (Å²) in [5.74, 6) is -2.87. The molecule has 8 nitrogen and oxygen atoms in total. The second-order valence-electron chi connectivity index (χ2n) is 9.11. The minimum atomic E-state index is -2.94. The van der Waals surface area contributed by atoms with Gasteiger partial charge in [-0.15, -0.1) is 0 Å². The van der Waals surface area contributed by atoms with Crippen molar-refractivity contribution in [2.75, 3.05) is 31.1 Å². The number of nitrogens with zero attached hydrogens (tertiary/aromatic N) is 7. The summed E-state index contributed by atoms with van der Waals surface area (Å²) < 4.78 is 45.0. The van der Waals surface area contributed by atoms with Crippen molar-refractivity contribution in [3.63, 3.8) is 0 Å². The molecule has 0 unspecified atom stereocenters. The summed E-state index contributed by atoms with van der Waals surface area (Å²) in [7, 11) is 0. The predicted octanol–water partition coefficient (Wildman–Crippen LogP) is 4.04. The summed E-state index contributed by atoms with van der Waals surface area (Å²) in [4.78, 5) is 20.7. The van der Waals surface area contributed by atoms with E-state index in [9.17, 15) is 18.0 Å². The van der Waals surface area contributed by atoms with Gasteiger partial charge in [0, 0.05) is 56.1 Å². The van der Waals surface area contributed by atoms with Gasteiger partial charge < -0.3 is 9.80 Å². The van der Waals surface area contributed by atoms with Crippen molar-refractivity contribution in [2.24, 2.45) is 0 Å². The number of hydrogen-bond donors (Lipinski definition) is 0. The molecule has 1 amide bonds. The Morgan fingerprint density at radius 1 is 1.03 bits per heavy atom. The fraction of sp³-hybridized carbons (Fsp3) is 0.308. The highest BCUT2D eigenvalue weighted by molar-refractivity contribution is 5.76. The first-order valence-corrected chi connectivity index (χ1v) is 11.9. The molecule has 0 spiro atoms. The number of anilines is 1. The molecule has 37 heavy (non-hydrogen) atoms. The predicted molar refractivity (Wildman–Crippen MR) is 132 cm³/mol. The molecule has 1 aliphatic rings. The van der Waals surface area contributed by atoms with Gasteiger partial charge in [0.1, 0.15) is 24.4 Å². The van der Waals surface area contributed by atoms with Gasteiger partial charge in [-0.3, -0.25) is 9.48 Å². The average Bonchev–Trinajstić information content (AvgIpc) is 3.53. The van der Waals surface area contributed by atoms with E-state index in [2.05, 4.69) is 15.2 Å². The Morgan fingerprint density at radius 3 is 2.49 bits per heavy atom. The van der Waals surface area contributed by atoms with E-state index in [0.717, 1.165) is 12.6 Å². The van der Waals surface area contributed by atoms with Gasteiger partial charge in [0.15, 0.2) is 5.82 Å². The quantitative estimate of drug-likeness (QED) is 0.392. The van der Waals surface area contributed by atoms with Gasteiger partial charge in [-0.1, -0.05) is 18.2 Å². The van der Waals surface area contributed by atoms with Gasteiger partial charge in [-0.05, 0) is 37.3 Å². The van der Waals surface area contributed by atoms with E-state index in [1.54, 1.807) is 42.3 Å². The fourth-order valence-electron chi connectivity index (χ4n) is 4.35. The van der Waals surface area contributed by atoms with Crippen LogP contribution in [0.1, 0.15) is 18.3 Å². The van der Waals surface area contributed by atoms with Crippen molar-refractivity contribution in [3.05, 3.63) is 78.3 Å². The number of aryl methyl sites for hydroxylation is 1. The third-order valence-electron chi connectivity index (χ3n) is 6.39. The number of benzene rings is 2. The molecule has 3 heterocycles. The van der Waals surface area contributed by atoms with E-state index in [1.165, 1.54) is 33.9 Å². The summed E-state index contributed by atoms with van der Waals surface area (Å²) >= 11 is 0. The van der Waals surface area contributed by atoms with Crippen LogP contribution in [0.4, 0.5) is 18.9 Å². The molecule has 0 bridgehead atoms. The molecule has 192 valence electrons. The molecule has 0 radical (unpaired) electrons. The zero-order chi connectivity index (χ0) is 26.2. The number of carbonyl (C=O) groups is 1. The number of amides is 1. The molecule has 1 saturated heterocycles. The van der Waals surface area contributed by atoms with E-state index < -0.39 is 11.7 Å². The van der Waals surface area contributed by atoms with Crippen LogP contribution in [0.15, 0.2) is 61.1 Å². The molecule has 1 aliphatic heterocycles. The summed E-state index contributed by atoms with van der Waals surface area (Å²) in [6, 6.07) is 12.8. The van der Waals surface area contributed by atoms with Crippen molar-refractivity contribution in [1.82, 2.24) is 29.4 Å². The second kappa shape index (κ2) is 9.72. The first-order valence-electron chi connectivity index (χ1n) is 11.9. The van der Waals surface area contributed by atoms with Crippen molar-refractivity contribution >= 4 is 11.6 Å². The Balaban J connectivity index is 1.18. The standard InChI is InChI=1S/C26H26F3N7O/c1-18-30-17-36(31-18)24-7-6-21(15-22(24)27)33-10-12-34(13-11-33)25(37)16-35-9-8-23(32-35)19-4-3-5-20(14-19)26(2,28)29/h3-9,14-15,17H,10-13,16H2,1-2H3. The zero-order valence-corrected chi connectivity index (χ0v) is 20.5. The minimum Gasteiger partial charge on any atom is -0.368 e. The largest absolute Gasteiger partial charge is 0.368 e. The lowest BCUT2D eigenvalue weighted by Crippen LogP contribution is -2.49. The van der Waals surface area contributed by atoms with Gasteiger partial charge in [0.25, 0.3) is 5.92 Å². The number of carbonyl (C=O) groups excluding carboxylic acids is 1. The van der Waals surface area contributed by atoms with Crippen molar-refractivity contribution < 1.29 is 18.0 Å². The molecule has 1 fully saturated rings. The van der Waals surface area contributed by atoms with E-state index in [0.29, 0.717) is 48.9 Å². The second-order valence-corrected chi connectivity index (χ2v) is 9.11. The molecule has 2 aromatic carbocycles. The van der Waals surface area contributed by atoms with E-state index >= 15 is 0 Å². The van der Waals surface area contributed by atoms with E-state index in [-0.39, 0.29) is 18.0 Å². The highest BCUT2D eigenvalue weighted by atomic mass is 19.3.